The molecule has 1 N–H and O–H groups in total. The van der Waals surface area contributed by atoms with Gasteiger partial charge in [0.15, 0.2) is 0 Å². The molecular weight excluding hydrogens is 357 g/mol. The van der Waals surface area contributed by atoms with Gasteiger partial charge in [0.2, 0.25) is 0 Å². The fourth-order valence-electron chi connectivity index (χ4n) is 2.14. The first-order chi connectivity index (χ1) is 11.8. The summed E-state index contributed by atoms with van der Waals surface area (Å²) >= 11 is 0. The summed E-state index contributed by atoms with van der Waals surface area (Å²) in [6.45, 7) is 0. The molecule has 130 valence electrons. The number of nitrogens with one attached hydrogen (secondary N) is 1. The van der Waals surface area contributed by atoms with Gasteiger partial charge in [0, 0.05) is 0 Å². The Bertz CT molecular complexity index is 986. The number of anilines is 1. The smallest absolute Gasteiger partial charge is 0.277 e. The molecule has 3 rings (SSSR count). The van der Waals surface area contributed by atoms with Crippen molar-refractivity contribution in [1.29, 1.82) is 0 Å². The summed E-state index contributed by atoms with van der Waals surface area (Å²) in [7, 11) is -4.22. The highest BCUT2D eigenvalue weighted by atomic mass is 32.2. The lowest BCUT2D eigenvalue weighted by Gasteiger charge is -2.13. The second-order valence-corrected chi connectivity index (χ2v) is 6.67. The molecular formula is C15H11F3N4O2S. The van der Waals surface area contributed by atoms with E-state index in [1.54, 1.807) is 18.2 Å². The second kappa shape index (κ2) is 6.20. The number of rotatable bonds is 4. The van der Waals surface area contributed by atoms with Crippen LogP contribution in [0.1, 0.15) is 5.56 Å². The number of benzene rings is 2. The lowest BCUT2D eigenvalue weighted by atomic mass is 10.2. The highest BCUT2D eigenvalue weighted by Gasteiger charge is 2.31. The van der Waals surface area contributed by atoms with E-state index >= 15 is 0 Å². The molecule has 2 aromatic carbocycles. The minimum Gasteiger partial charge on any atom is -0.277 e. The van der Waals surface area contributed by atoms with Crippen molar-refractivity contribution < 1.29 is 21.6 Å². The van der Waals surface area contributed by atoms with Crippen LogP contribution in [0.15, 0.2) is 66.1 Å². The number of alkyl halides is 3. The van der Waals surface area contributed by atoms with Crippen molar-refractivity contribution in [2.45, 2.75) is 11.1 Å². The van der Waals surface area contributed by atoms with Crippen molar-refractivity contribution in [3.63, 3.8) is 0 Å². The van der Waals surface area contributed by atoms with Gasteiger partial charge < -0.3 is 0 Å². The van der Waals surface area contributed by atoms with Crippen molar-refractivity contribution in [3.05, 3.63) is 66.7 Å². The molecule has 0 aliphatic carbocycles. The summed E-state index contributed by atoms with van der Waals surface area (Å²) in [5.74, 6) is 0. The van der Waals surface area contributed by atoms with E-state index in [9.17, 15) is 21.6 Å². The molecule has 0 aliphatic rings. The van der Waals surface area contributed by atoms with Gasteiger partial charge in [-0.2, -0.15) is 18.3 Å². The van der Waals surface area contributed by atoms with E-state index in [2.05, 4.69) is 14.8 Å². The largest absolute Gasteiger partial charge is 0.416 e. The van der Waals surface area contributed by atoms with Gasteiger partial charge in [-0.15, -0.1) is 0 Å². The fraction of sp³-hybridized carbons (Fsp3) is 0.0667. The van der Waals surface area contributed by atoms with Gasteiger partial charge in [-0.1, -0.05) is 18.2 Å². The van der Waals surface area contributed by atoms with E-state index in [0.717, 1.165) is 18.2 Å². The molecule has 3 aromatic rings. The van der Waals surface area contributed by atoms with Crippen LogP contribution < -0.4 is 4.72 Å². The molecule has 10 heteroatoms. The molecule has 25 heavy (non-hydrogen) atoms. The van der Waals surface area contributed by atoms with Crippen LogP contribution in [0, 0.1) is 0 Å². The fourth-order valence-corrected chi connectivity index (χ4v) is 3.26. The van der Waals surface area contributed by atoms with Gasteiger partial charge in [-0.05, 0) is 30.3 Å². The highest BCUT2D eigenvalue weighted by molar-refractivity contribution is 7.92. The molecule has 0 saturated carbocycles. The Morgan fingerprint density at radius 2 is 1.80 bits per heavy atom. The molecule has 0 atom stereocenters. The van der Waals surface area contributed by atoms with E-state index in [-0.39, 0.29) is 5.69 Å². The first-order valence-corrected chi connectivity index (χ1v) is 8.40. The van der Waals surface area contributed by atoms with Crippen LogP contribution >= 0.6 is 0 Å². The van der Waals surface area contributed by atoms with E-state index in [1.165, 1.54) is 23.4 Å². The van der Waals surface area contributed by atoms with Gasteiger partial charge in [0.25, 0.3) is 10.0 Å². The van der Waals surface area contributed by atoms with Gasteiger partial charge in [-0.25, -0.2) is 18.1 Å². The maximum Gasteiger partial charge on any atom is 0.416 e. The average Bonchev–Trinajstić information content (AvgIpc) is 3.09. The zero-order valence-corrected chi connectivity index (χ0v) is 13.3. The minimum atomic E-state index is -4.63. The summed E-state index contributed by atoms with van der Waals surface area (Å²) in [6, 6.07) is 9.85. The van der Waals surface area contributed by atoms with E-state index in [0.29, 0.717) is 11.8 Å². The number of hydrogen-bond acceptors (Lipinski definition) is 4. The third kappa shape index (κ3) is 3.63. The van der Waals surface area contributed by atoms with E-state index < -0.39 is 26.7 Å². The molecule has 0 radical (unpaired) electrons. The van der Waals surface area contributed by atoms with Crippen LogP contribution in [0.4, 0.5) is 18.9 Å². The Balaban J connectivity index is 1.99. The van der Waals surface area contributed by atoms with Crippen molar-refractivity contribution >= 4 is 15.7 Å². The quantitative estimate of drug-likeness (QED) is 0.768. The minimum absolute atomic E-state index is 0.158. The lowest BCUT2D eigenvalue weighted by Crippen LogP contribution is -2.16. The number of aromatic nitrogens is 3. The van der Waals surface area contributed by atoms with E-state index in [1.807, 2.05) is 0 Å². The SMILES string of the molecule is O=S(=O)(Nc1ccccc1-n1cncn1)c1cccc(C(F)(F)F)c1. The maximum atomic E-state index is 12.8. The number of para-hydroxylation sites is 2. The van der Waals surface area contributed by atoms with Crippen LogP contribution in [0.25, 0.3) is 5.69 Å². The summed E-state index contributed by atoms with van der Waals surface area (Å²) in [4.78, 5) is 3.29. The first-order valence-electron chi connectivity index (χ1n) is 6.91. The average molecular weight is 368 g/mol. The normalized spacial score (nSPS) is 12.1. The van der Waals surface area contributed by atoms with Crippen LogP contribution in [-0.4, -0.2) is 23.2 Å². The Kier molecular flexibility index (Phi) is 4.21. The standard InChI is InChI=1S/C15H11F3N4O2S/c16-15(17,18)11-4-3-5-12(8-11)25(23,24)21-13-6-1-2-7-14(13)22-10-19-9-20-22/h1-10,21H. The lowest BCUT2D eigenvalue weighted by molar-refractivity contribution is -0.137. The number of hydrogen-bond donors (Lipinski definition) is 1. The monoisotopic (exact) mass is 368 g/mol. The van der Waals surface area contributed by atoms with E-state index in [4.69, 9.17) is 0 Å². The molecule has 0 aliphatic heterocycles. The first kappa shape index (κ1) is 17.0. The van der Waals surface area contributed by atoms with Gasteiger partial charge in [0.1, 0.15) is 12.7 Å². The van der Waals surface area contributed by atoms with Crippen molar-refractivity contribution in [2.75, 3.05) is 4.72 Å². The second-order valence-electron chi connectivity index (χ2n) is 4.99. The predicted molar refractivity (Wildman–Crippen MR) is 83.6 cm³/mol. The van der Waals surface area contributed by atoms with Crippen LogP contribution in [0.5, 0.6) is 0 Å². The molecule has 0 spiro atoms. The van der Waals surface area contributed by atoms with Gasteiger partial charge in [-0.3, -0.25) is 4.72 Å². The van der Waals surface area contributed by atoms with Crippen LogP contribution in [-0.2, 0) is 16.2 Å². The third-order valence-corrected chi connectivity index (χ3v) is 4.65. The van der Waals surface area contributed by atoms with Crippen LogP contribution in [0.2, 0.25) is 0 Å². The number of sulfonamides is 1. The summed E-state index contributed by atoms with van der Waals surface area (Å²) in [5, 5.41) is 3.92. The predicted octanol–water partition coefficient (Wildman–Crippen LogP) is 3.09. The molecule has 1 aromatic heterocycles. The summed E-state index contributed by atoms with van der Waals surface area (Å²) in [5.41, 5.74) is -0.499. The van der Waals surface area contributed by atoms with Gasteiger partial charge >= 0.3 is 6.18 Å². The molecule has 0 amide bonds. The topological polar surface area (TPSA) is 76.9 Å². The Morgan fingerprint density at radius 1 is 1.04 bits per heavy atom. The van der Waals surface area contributed by atoms with Crippen molar-refractivity contribution in [2.24, 2.45) is 0 Å². The molecule has 0 unspecified atom stereocenters. The number of nitrogens with zero attached hydrogens (tertiary/aromatic N) is 3. The Morgan fingerprint density at radius 3 is 2.48 bits per heavy atom. The summed E-state index contributed by atoms with van der Waals surface area (Å²) < 4.78 is 67.0. The molecule has 0 bridgehead atoms. The highest BCUT2D eigenvalue weighted by Crippen LogP contribution is 2.31. The van der Waals surface area contributed by atoms with Gasteiger partial charge in [0.05, 0.1) is 21.8 Å². The molecule has 6 nitrogen and oxygen atoms in total. The molecule has 0 saturated heterocycles. The molecule has 1 heterocycles. The Hall–Kier alpha value is -2.88. The van der Waals surface area contributed by atoms with Crippen molar-refractivity contribution in [1.82, 2.24) is 14.8 Å². The zero-order valence-electron chi connectivity index (χ0n) is 12.5. The summed E-state index contributed by atoms with van der Waals surface area (Å²) in [6.07, 6.45) is -1.99. The Labute approximate surface area is 141 Å². The van der Waals surface area contributed by atoms with Crippen molar-refractivity contribution in [3.8, 4) is 5.69 Å². The maximum absolute atomic E-state index is 12.8. The number of halogens is 3. The molecule has 0 fully saturated rings. The zero-order chi connectivity index (χ0) is 18.1. The third-order valence-electron chi connectivity index (χ3n) is 3.29. The van der Waals surface area contributed by atoms with Crippen LogP contribution in [0.3, 0.4) is 0 Å².